The van der Waals surface area contributed by atoms with Crippen LogP contribution in [0.5, 0.6) is 0 Å². The highest BCUT2D eigenvalue weighted by molar-refractivity contribution is 5.05. The number of nitrogens with zero attached hydrogens (tertiary/aromatic N) is 1. The summed E-state index contributed by atoms with van der Waals surface area (Å²) in [5.41, 5.74) is 0. The Kier molecular flexibility index (Phi) is 1.19. The summed E-state index contributed by atoms with van der Waals surface area (Å²) in [6.45, 7) is 5.37. The van der Waals surface area contributed by atoms with E-state index in [0.717, 1.165) is 19.5 Å². The summed E-state index contributed by atoms with van der Waals surface area (Å²) >= 11 is 0. The Morgan fingerprint density at radius 3 is 3.56 bits per heavy atom. The highest BCUT2D eigenvalue weighted by Crippen LogP contribution is 2.16. The number of hydrogen-bond acceptors (Lipinski definition) is 2. The van der Waals surface area contributed by atoms with Crippen LogP contribution >= 0.6 is 0 Å². The summed E-state index contributed by atoms with van der Waals surface area (Å²) in [6, 6.07) is 0.527. The van der Waals surface area contributed by atoms with Crippen LogP contribution in [0.4, 0.5) is 0 Å². The molecule has 2 heteroatoms. The molecular formula is C7H10N2. The predicted molar refractivity (Wildman–Crippen MR) is 35.5 cm³/mol. The predicted octanol–water partition coefficient (Wildman–Crippen LogP) is 0.216. The molecule has 1 atom stereocenters. The second-order valence-corrected chi connectivity index (χ2v) is 2.45. The van der Waals surface area contributed by atoms with Crippen LogP contribution < -0.4 is 5.32 Å². The quantitative estimate of drug-likeness (QED) is 0.494. The van der Waals surface area contributed by atoms with Crippen molar-refractivity contribution in [3.05, 3.63) is 18.8 Å². The zero-order valence-electron chi connectivity index (χ0n) is 5.30. The molecule has 0 amide bonds. The molecule has 2 radical (unpaired) electrons. The first-order valence-corrected chi connectivity index (χ1v) is 3.37. The Bertz CT molecular complexity index is 131. The molecule has 0 saturated carbocycles. The minimum atomic E-state index is 0.527. The lowest BCUT2D eigenvalue weighted by atomic mass is 10.2. The largest absolute Gasteiger partial charge is 0.371 e. The number of fused-ring (bicyclic) bond motifs is 1. The molecule has 9 heavy (non-hydrogen) atoms. The van der Waals surface area contributed by atoms with E-state index in [9.17, 15) is 0 Å². The average Bonchev–Trinajstić information content (AvgIpc) is 2.33. The molecule has 0 aliphatic carbocycles. The van der Waals surface area contributed by atoms with E-state index in [1.807, 2.05) is 0 Å². The Hall–Kier alpha value is -0.500. The molecule has 0 aromatic rings. The van der Waals surface area contributed by atoms with E-state index in [1.54, 1.807) is 0 Å². The van der Waals surface area contributed by atoms with E-state index in [-0.39, 0.29) is 0 Å². The van der Waals surface area contributed by atoms with E-state index in [1.165, 1.54) is 0 Å². The van der Waals surface area contributed by atoms with Crippen LogP contribution in [0.25, 0.3) is 0 Å². The molecule has 1 fully saturated rings. The van der Waals surface area contributed by atoms with Gasteiger partial charge in [-0.3, -0.25) is 0 Å². The molecule has 1 N–H and O–H groups in total. The molecule has 2 heterocycles. The zero-order valence-corrected chi connectivity index (χ0v) is 5.30. The molecule has 48 valence electrons. The van der Waals surface area contributed by atoms with Crippen molar-refractivity contribution in [1.29, 1.82) is 0 Å². The van der Waals surface area contributed by atoms with Crippen molar-refractivity contribution in [3.8, 4) is 0 Å². The summed E-state index contributed by atoms with van der Waals surface area (Å²) < 4.78 is 0. The number of rotatable bonds is 0. The van der Waals surface area contributed by atoms with Crippen LogP contribution in [-0.2, 0) is 0 Å². The van der Waals surface area contributed by atoms with Gasteiger partial charge in [0.05, 0.1) is 12.6 Å². The monoisotopic (exact) mass is 122 g/mol. The maximum absolute atomic E-state index is 3.19. The van der Waals surface area contributed by atoms with Gasteiger partial charge in [-0.2, -0.15) is 0 Å². The van der Waals surface area contributed by atoms with E-state index in [4.69, 9.17) is 0 Å². The summed E-state index contributed by atoms with van der Waals surface area (Å²) in [6.07, 6.45) is 5.50. The molecule has 2 rings (SSSR count). The van der Waals surface area contributed by atoms with Crippen LogP contribution in [0.3, 0.4) is 0 Å². The summed E-state index contributed by atoms with van der Waals surface area (Å²) in [5.74, 6) is 0. The first kappa shape index (κ1) is 5.30. The van der Waals surface area contributed by atoms with Gasteiger partial charge in [-0.15, -0.1) is 0 Å². The normalized spacial score (nSPS) is 32.9. The smallest absolute Gasteiger partial charge is 0.0838 e. The van der Waals surface area contributed by atoms with Gasteiger partial charge in [0.25, 0.3) is 0 Å². The lowest BCUT2D eigenvalue weighted by Gasteiger charge is -2.29. The molecule has 2 aliphatic heterocycles. The van der Waals surface area contributed by atoms with Crippen molar-refractivity contribution in [2.45, 2.75) is 12.5 Å². The maximum Gasteiger partial charge on any atom is 0.0838 e. The van der Waals surface area contributed by atoms with Crippen LogP contribution in [0, 0.1) is 6.54 Å². The van der Waals surface area contributed by atoms with Crippen LogP contribution in [0.1, 0.15) is 6.42 Å². The molecule has 0 bridgehead atoms. The summed E-state index contributed by atoms with van der Waals surface area (Å²) in [7, 11) is 0. The van der Waals surface area contributed by atoms with Gasteiger partial charge in [0.2, 0.25) is 0 Å². The van der Waals surface area contributed by atoms with Gasteiger partial charge in [0.15, 0.2) is 0 Å². The Labute approximate surface area is 55.5 Å². The highest BCUT2D eigenvalue weighted by atomic mass is 15.2. The minimum absolute atomic E-state index is 0.527. The van der Waals surface area contributed by atoms with Crippen molar-refractivity contribution in [1.82, 2.24) is 10.2 Å². The van der Waals surface area contributed by atoms with Gasteiger partial charge in [-0.1, -0.05) is 6.08 Å². The molecule has 0 aromatic carbocycles. The lowest BCUT2D eigenvalue weighted by Crippen LogP contribution is -2.42. The van der Waals surface area contributed by atoms with Crippen molar-refractivity contribution in [3.63, 3.8) is 0 Å². The fraction of sp³-hybridized carbons (Fsp3) is 0.571. The third kappa shape index (κ3) is 0.833. The minimum Gasteiger partial charge on any atom is -0.371 e. The summed E-state index contributed by atoms with van der Waals surface area (Å²) in [4.78, 5) is 2.32. The van der Waals surface area contributed by atoms with Crippen molar-refractivity contribution in [2.24, 2.45) is 0 Å². The van der Waals surface area contributed by atoms with E-state index in [0.29, 0.717) is 6.04 Å². The first-order chi connectivity index (χ1) is 4.47. The molecule has 0 spiro atoms. The molecule has 2 nitrogen and oxygen atoms in total. The van der Waals surface area contributed by atoms with Gasteiger partial charge >= 0.3 is 0 Å². The highest BCUT2D eigenvalue weighted by Gasteiger charge is 2.22. The first-order valence-electron chi connectivity index (χ1n) is 3.37. The molecule has 1 unspecified atom stereocenters. The maximum atomic E-state index is 3.19. The van der Waals surface area contributed by atoms with Crippen molar-refractivity contribution < 1.29 is 0 Å². The van der Waals surface area contributed by atoms with Crippen LogP contribution in [0.2, 0.25) is 0 Å². The lowest BCUT2D eigenvalue weighted by molar-refractivity contribution is 0.283. The van der Waals surface area contributed by atoms with E-state index in [2.05, 4.69) is 29.0 Å². The van der Waals surface area contributed by atoms with Crippen molar-refractivity contribution in [2.75, 3.05) is 13.1 Å². The SMILES string of the molecule is [C]1NCCN2C=CCC12. The van der Waals surface area contributed by atoms with Crippen LogP contribution in [0.15, 0.2) is 12.3 Å². The van der Waals surface area contributed by atoms with E-state index >= 15 is 0 Å². The average molecular weight is 122 g/mol. The summed E-state index contributed by atoms with van der Waals surface area (Å²) in [5, 5.41) is 3.12. The Morgan fingerprint density at radius 2 is 2.67 bits per heavy atom. The van der Waals surface area contributed by atoms with Gasteiger partial charge < -0.3 is 10.2 Å². The third-order valence-corrected chi connectivity index (χ3v) is 1.82. The van der Waals surface area contributed by atoms with Gasteiger partial charge in [-0.05, 0) is 12.6 Å². The number of piperazine rings is 1. The molecule has 0 aromatic heterocycles. The van der Waals surface area contributed by atoms with Crippen LogP contribution in [-0.4, -0.2) is 24.0 Å². The fourth-order valence-corrected chi connectivity index (χ4v) is 1.31. The van der Waals surface area contributed by atoms with Gasteiger partial charge in [0, 0.05) is 13.1 Å². The van der Waals surface area contributed by atoms with Gasteiger partial charge in [0.1, 0.15) is 0 Å². The van der Waals surface area contributed by atoms with E-state index < -0.39 is 0 Å². The second-order valence-electron chi connectivity index (χ2n) is 2.45. The molecule has 2 aliphatic rings. The topological polar surface area (TPSA) is 15.3 Å². The standard InChI is InChI=1S/C7H10N2/c1-2-7-6-8-3-5-9(7)4-1/h1,4,7-8H,2-3,5H2. The zero-order chi connectivity index (χ0) is 6.10. The molecule has 1 saturated heterocycles. The van der Waals surface area contributed by atoms with Crippen molar-refractivity contribution >= 4 is 0 Å². The number of nitrogens with one attached hydrogen (secondary N) is 1. The molecular weight excluding hydrogens is 112 g/mol. The third-order valence-electron chi connectivity index (χ3n) is 1.82. The second kappa shape index (κ2) is 2.03. The Morgan fingerprint density at radius 1 is 1.67 bits per heavy atom. The number of hydrogen-bond donors (Lipinski definition) is 1. The van der Waals surface area contributed by atoms with Gasteiger partial charge in [-0.25, -0.2) is 0 Å². The Balaban J connectivity index is 2.03. The fourth-order valence-electron chi connectivity index (χ4n) is 1.31.